The fourth-order valence-electron chi connectivity index (χ4n) is 4.55. The van der Waals surface area contributed by atoms with Crippen molar-refractivity contribution in [1.82, 2.24) is 29.9 Å². The molecule has 0 atom stereocenters. The number of nitrogens with one attached hydrogen (secondary N) is 2. The average molecular weight is 619 g/mol. The summed E-state index contributed by atoms with van der Waals surface area (Å²) in [7, 11) is 0. The van der Waals surface area contributed by atoms with Crippen molar-refractivity contribution in [2.24, 2.45) is 0 Å². The molecule has 0 unspecified atom stereocenters. The van der Waals surface area contributed by atoms with Crippen LogP contribution in [0.15, 0.2) is 102 Å². The fourth-order valence-corrected chi connectivity index (χ4v) is 4.55. The molecule has 6 rings (SSSR count). The summed E-state index contributed by atoms with van der Waals surface area (Å²) in [4.78, 5) is 33.4. The summed E-state index contributed by atoms with van der Waals surface area (Å²) in [6, 6.07) is 20.8. The van der Waals surface area contributed by atoms with Crippen LogP contribution in [0.4, 0.5) is 11.4 Å². The largest absolute Gasteiger partial charge is 0.493 e. The number of anilines is 2. The molecule has 0 bridgehead atoms. The van der Waals surface area contributed by atoms with Crippen LogP contribution in [0.1, 0.15) is 16.9 Å². The lowest BCUT2D eigenvalue weighted by Crippen LogP contribution is -2.25. The van der Waals surface area contributed by atoms with Gasteiger partial charge in [-0.3, -0.25) is 19.7 Å². The fraction of sp³-hybridized carbons (Fsp3) is 0.152. The van der Waals surface area contributed by atoms with E-state index < -0.39 is 0 Å². The number of rotatable bonds is 13. The molecule has 0 spiro atoms. The lowest BCUT2D eigenvalue weighted by Gasteiger charge is -2.12. The number of ether oxygens (including phenoxy) is 3. The van der Waals surface area contributed by atoms with Gasteiger partial charge >= 0.3 is 0 Å². The number of H-pyrrole nitrogens is 1. The molecule has 1 amide bonds. The minimum atomic E-state index is -0.358. The van der Waals surface area contributed by atoms with E-state index in [-0.39, 0.29) is 30.3 Å². The number of para-hydroxylation sites is 2. The summed E-state index contributed by atoms with van der Waals surface area (Å²) in [5, 5.41) is 14.7. The third-order valence-corrected chi connectivity index (χ3v) is 6.90. The molecule has 13 nitrogen and oxygen atoms in total. The van der Waals surface area contributed by atoms with Gasteiger partial charge in [0.1, 0.15) is 29.5 Å². The lowest BCUT2D eigenvalue weighted by molar-refractivity contribution is 0.102. The highest BCUT2D eigenvalue weighted by Gasteiger charge is 2.10. The van der Waals surface area contributed by atoms with Crippen LogP contribution in [0.3, 0.4) is 0 Å². The predicted molar refractivity (Wildman–Crippen MR) is 172 cm³/mol. The first-order valence-corrected chi connectivity index (χ1v) is 14.5. The predicted octanol–water partition coefficient (Wildman–Crippen LogP) is 4.34. The maximum atomic E-state index is 12.5. The molecule has 4 aromatic heterocycles. The summed E-state index contributed by atoms with van der Waals surface area (Å²) in [5.41, 5.74) is 9.08. The molecular formula is C33H30N8O5. The van der Waals surface area contributed by atoms with Gasteiger partial charge in [0, 0.05) is 41.9 Å². The highest BCUT2D eigenvalue weighted by atomic mass is 16.5. The number of nitrogens with zero attached hydrogens (tertiary/aromatic N) is 5. The van der Waals surface area contributed by atoms with Crippen LogP contribution >= 0.6 is 0 Å². The average Bonchev–Trinajstić information content (AvgIpc) is 3.62. The first kappa shape index (κ1) is 29.8. The van der Waals surface area contributed by atoms with Crippen LogP contribution < -0.4 is 30.8 Å². The molecule has 0 aliphatic carbocycles. The summed E-state index contributed by atoms with van der Waals surface area (Å²) >= 11 is 0. The maximum Gasteiger partial charge on any atom is 0.274 e. The highest BCUT2D eigenvalue weighted by Crippen LogP contribution is 2.27. The monoisotopic (exact) mass is 618 g/mol. The Hall–Kier alpha value is -6.24. The smallest absolute Gasteiger partial charge is 0.274 e. The van der Waals surface area contributed by atoms with Gasteiger partial charge < -0.3 is 25.3 Å². The molecule has 0 fully saturated rings. The Balaban J connectivity index is 0.960. The van der Waals surface area contributed by atoms with E-state index in [4.69, 9.17) is 19.9 Å². The number of nitrogen functional groups attached to an aromatic ring is 1. The number of pyridine rings is 2. The molecule has 46 heavy (non-hydrogen) atoms. The Morgan fingerprint density at radius 1 is 0.891 bits per heavy atom. The number of hydrogen-bond donors (Lipinski definition) is 3. The van der Waals surface area contributed by atoms with Gasteiger partial charge in [0.15, 0.2) is 0 Å². The summed E-state index contributed by atoms with van der Waals surface area (Å²) in [6.45, 7) is 1.35. The number of nitrogens with two attached hydrogens (primary N) is 1. The van der Waals surface area contributed by atoms with Crippen molar-refractivity contribution in [2.45, 2.75) is 13.0 Å². The normalized spacial score (nSPS) is 10.9. The topological polar surface area (TPSA) is 172 Å². The minimum Gasteiger partial charge on any atom is -0.493 e. The Morgan fingerprint density at radius 2 is 1.74 bits per heavy atom. The zero-order chi connectivity index (χ0) is 31.7. The first-order valence-electron chi connectivity index (χ1n) is 14.5. The summed E-state index contributed by atoms with van der Waals surface area (Å²) < 4.78 is 19.0. The summed E-state index contributed by atoms with van der Waals surface area (Å²) in [5.74, 6) is 1.50. The van der Waals surface area contributed by atoms with Crippen molar-refractivity contribution in [1.29, 1.82) is 0 Å². The number of aromatic nitrogens is 6. The molecular weight excluding hydrogens is 588 g/mol. The van der Waals surface area contributed by atoms with E-state index in [1.54, 1.807) is 67.1 Å². The van der Waals surface area contributed by atoms with Gasteiger partial charge in [-0.1, -0.05) is 12.1 Å². The molecule has 13 heteroatoms. The van der Waals surface area contributed by atoms with Crippen LogP contribution in [0.25, 0.3) is 22.2 Å². The van der Waals surface area contributed by atoms with Crippen LogP contribution in [0.2, 0.25) is 0 Å². The van der Waals surface area contributed by atoms with Gasteiger partial charge in [0.25, 0.3) is 11.5 Å². The number of hydrogen-bond acceptors (Lipinski definition) is 10. The number of amides is 1. The first-order chi connectivity index (χ1) is 22.5. The third kappa shape index (κ3) is 7.27. The maximum absolute atomic E-state index is 12.5. The number of carbonyl (C=O) groups is 1. The van der Waals surface area contributed by atoms with E-state index in [1.807, 2.05) is 18.2 Å². The Bertz CT molecular complexity index is 1990. The van der Waals surface area contributed by atoms with E-state index in [0.717, 1.165) is 10.9 Å². The van der Waals surface area contributed by atoms with E-state index in [9.17, 15) is 9.59 Å². The van der Waals surface area contributed by atoms with Crippen molar-refractivity contribution in [2.75, 3.05) is 30.9 Å². The second-order valence-electron chi connectivity index (χ2n) is 10.1. The molecule has 0 aliphatic heterocycles. The van der Waals surface area contributed by atoms with Gasteiger partial charge in [0.05, 0.1) is 54.7 Å². The Morgan fingerprint density at radius 3 is 2.54 bits per heavy atom. The van der Waals surface area contributed by atoms with Crippen molar-refractivity contribution in [3.05, 3.63) is 114 Å². The molecule has 0 radical (unpaired) electrons. The second-order valence-corrected chi connectivity index (χ2v) is 10.1. The lowest BCUT2D eigenvalue weighted by atomic mass is 10.2. The molecule has 232 valence electrons. The molecule has 6 aromatic rings. The van der Waals surface area contributed by atoms with Gasteiger partial charge in [-0.05, 0) is 48.5 Å². The van der Waals surface area contributed by atoms with Gasteiger partial charge in [-0.25, -0.2) is 9.67 Å². The Kier molecular flexibility index (Phi) is 9.09. The van der Waals surface area contributed by atoms with Crippen LogP contribution in [-0.4, -0.2) is 55.7 Å². The molecule has 0 aliphatic rings. The molecule has 2 aromatic carbocycles. The quantitative estimate of drug-likeness (QED) is 0.125. The number of benzene rings is 2. The standard InChI is InChI=1S/C33H30N8O5/c34-26-4-1-2-5-28(26)39-33(43)29-9-7-24(21-36-29)45-16-3-15-44-23-6-8-25-30(18-23)35-13-12-31(25)46-17-14-41-32(42)11-10-27(40-41)22-19-37-38-20-22/h1-2,4-13,18-21H,3,14-17,34H2,(H,37,38)(H,39,43). The second kappa shape index (κ2) is 14.0. The molecule has 4 N–H and O–H groups in total. The Labute approximate surface area is 263 Å². The SMILES string of the molecule is Nc1ccccc1NC(=O)c1ccc(OCCCOc2ccc3c(OCCn4nc(-c5cn[nH]c5)ccc4=O)ccnc3c2)cn1. The van der Waals surface area contributed by atoms with E-state index in [0.29, 0.717) is 59.5 Å². The number of aromatic amines is 1. The van der Waals surface area contributed by atoms with Crippen molar-refractivity contribution in [3.8, 4) is 28.5 Å². The van der Waals surface area contributed by atoms with E-state index in [2.05, 4.69) is 30.6 Å². The molecule has 0 saturated carbocycles. The number of carbonyl (C=O) groups excluding carboxylic acids is 1. The van der Waals surface area contributed by atoms with Crippen molar-refractivity contribution >= 4 is 28.2 Å². The van der Waals surface area contributed by atoms with E-state index >= 15 is 0 Å². The van der Waals surface area contributed by atoms with Crippen LogP contribution in [0, 0.1) is 0 Å². The zero-order valence-corrected chi connectivity index (χ0v) is 24.6. The van der Waals surface area contributed by atoms with Crippen molar-refractivity contribution < 1.29 is 19.0 Å². The van der Waals surface area contributed by atoms with Gasteiger partial charge in [0.2, 0.25) is 0 Å². The molecule has 4 heterocycles. The van der Waals surface area contributed by atoms with E-state index in [1.165, 1.54) is 16.9 Å². The third-order valence-electron chi connectivity index (χ3n) is 6.90. The highest BCUT2D eigenvalue weighted by molar-refractivity contribution is 6.04. The van der Waals surface area contributed by atoms with Gasteiger partial charge in [-0.2, -0.15) is 10.2 Å². The minimum absolute atomic E-state index is 0.216. The zero-order valence-electron chi connectivity index (χ0n) is 24.6. The van der Waals surface area contributed by atoms with Crippen LogP contribution in [0.5, 0.6) is 17.2 Å². The summed E-state index contributed by atoms with van der Waals surface area (Å²) in [6.07, 6.45) is 7.16. The van der Waals surface area contributed by atoms with Crippen LogP contribution in [-0.2, 0) is 6.54 Å². The van der Waals surface area contributed by atoms with Gasteiger partial charge in [-0.15, -0.1) is 0 Å². The number of fused-ring (bicyclic) bond motifs is 1. The molecule has 0 saturated heterocycles. The van der Waals surface area contributed by atoms with Crippen molar-refractivity contribution in [3.63, 3.8) is 0 Å².